The molecular formula is C20H24N6O2. The summed E-state index contributed by atoms with van der Waals surface area (Å²) in [5, 5.41) is 23.5. The van der Waals surface area contributed by atoms with Gasteiger partial charge in [0.25, 0.3) is 0 Å². The van der Waals surface area contributed by atoms with Gasteiger partial charge in [-0.2, -0.15) is 10.4 Å². The lowest BCUT2D eigenvalue weighted by Gasteiger charge is -2.31. The van der Waals surface area contributed by atoms with E-state index in [0.717, 1.165) is 41.8 Å². The van der Waals surface area contributed by atoms with Crippen LogP contribution in [0.1, 0.15) is 18.4 Å². The summed E-state index contributed by atoms with van der Waals surface area (Å²) in [4.78, 5) is 6.67. The third-order valence-corrected chi connectivity index (χ3v) is 4.72. The van der Waals surface area contributed by atoms with Gasteiger partial charge in [-0.1, -0.05) is 0 Å². The van der Waals surface area contributed by atoms with Crippen LogP contribution in [0.3, 0.4) is 0 Å². The van der Waals surface area contributed by atoms with Crippen molar-refractivity contribution in [3.63, 3.8) is 0 Å². The maximum absolute atomic E-state index is 9.86. The van der Waals surface area contributed by atoms with Crippen LogP contribution in [0.15, 0.2) is 36.8 Å². The molecular weight excluding hydrogens is 356 g/mol. The highest BCUT2D eigenvalue weighted by molar-refractivity contribution is 5.85. The summed E-state index contributed by atoms with van der Waals surface area (Å²) in [7, 11) is 3.10. The minimum Gasteiger partial charge on any atom is -0.495 e. The van der Waals surface area contributed by atoms with Gasteiger partial charge in [0, 0.05) is 30.4 Å². The van der Waals surface area contributed by atoms with Crippen LogP contribution in [0, 0.1) is 11.3 Å². The number of methoxy groups -OCH3 is 1. The first kappa shape index (κ1) is 19.6. The Morgan fingerprint density at radius 3 is 2.79 bits per heavy atom. The Hall–Kier alpha value is -3.15. The van der Waals surface area contributed by atoms with Crippen molar-refractivity contribution < 1.29 is 9.84 Å². The van der Waals surface area contributed by atoms with E-state index in [1.54, 1.807) is 30.2 Å². The minimum absolute atomic E-state index is 0.298. The topological polar surface area (TPSA) is 113 Å². The molecule has 8 nitrogen and oxygen atoms in total. The molecule has 0 spiro atoms. The molecule has 3 N–H and O–H groups in total. The lowest BCUT2D eigenvalue weighted by Crippen LogP contribution is -2.38. The number of nitrogens with two attached hydrogens (primary N) is 1. The molecule has 0 bridgehead atoms. The highest BCUT2D eigenvalue weighted by Crippen LogP contribution is 2.31. The van der Waals surface area contributed by atoms with E-state index >= 15 is 0 Å². The molecule has 1 aliphatic rings. The van der Waals surface area contributed by atoms with Crippen molar-refractivity contribution in [2.24, 2.45) is 5.73 Å². The zero-order valence-corrected chi connectivity index (χ0v) is 16.0. The predicted molar refractivity (Wildman–Crippen MR) is 107 cm³/mol. The van der Waals surface area contributed by atoms with E-state index in [9.17, 15) is 10.4 Å². The number of aliphatic hydroxyl groups is 1. The Kier molecular flexibility index (Phi) is 6.09. The van der Waals surface area contributed by atoms with Gasteiger partial charge < -0.3 is 20.5 Å². The van der Waals surface area contributed by atoms with Crippen molar-refractivity contribution in [2.75, 3.05) is 32.1 Å². The molecule has 0 aromatic carbocycles. The summed E-state index contributed by atoms with van der Waals surface area (Å²) >= 11 is 0. The molecule has 0 aliphatic carbocycles. The lowest BCUT2D eigenvalue weighted by atomic mass is 10.0. The quantitative estimate of drug-likeness (QED) is 0.712. The van der Waals surface area contributed by atoms with Crippen molar-refractivity contribution in [1.82, 2.24) is 14.6 Å². The summed E-state index contributed by atoms with van der Waals surface area (Å²) < 4.78 is 7.01. The Morgan fingerprint density at radius 1 is 1.32 bits per heavy atom. The van der Waals surface area contributed by atoms with Gasteiger partial charge in [-0.25, -0.2) is 9.50 Å². The molecule has 4 rings (SSSR count). The first-order valence-electron chi connectivity index (χ1n) is 9.12. The number of nitrogens with zero attached hydrogens (tertiary/aromatic N) is 5. The summed E-state index contributed by atoms with van der Waals surface area (Å²) in [6.07, 6.45) is 6.59. The average Bonchev–Trinajstić information content (AvgIpc) is 3.17. The Balaban J connectivity index is 0.00000109. The van der Waals surface area contributed by atoms with Crippen molar-refractivity contribution in [1.29, 1.82) is 5.26 Å². The predicted octanol–water partition coefficient (Wildman–Crippen LogP) is 1.81. The van der Waals surface area contributed by atoms with Gasteiger partial charge in [-0.15, -0.1) is 0 Å². The normalized spacial score (nSPS) is 16.2. The fourth-order valence-corrected chi connectivity index (χ4v) is 3.41. The van der Waals surface area contributed by atoms with E-state index in [2.05, 4.69) is 26.8 Å². The Labute approximate surface area is 163 Å². The van der Waals surface area contributed by atoms with E-state index in [1.807, 2.05) is 18.2 Å². The fraction of sp³-hybridized carbons (Fsp3) is 0.350. The first-order valence-corrected chi connectivity index (χ1v) is 9.12. The number of hydrogen-bond acceptors (Lipinski definition) is 7. The van der Waals surface area contributed by atoms with Crippen molar-refractivity contribution in [2.45, 2.75) is 18.9 Å². The number of β-amino-alcohol motifs (C(OH)–C–C–N with tert-alkyl or cyclic N) is 1. The van der Waals surface area contributed by atoms with Crippen LogP contribution in [-0.4, -0.2) is 53.1 Å². The third kappa shape index (κ3) is 3.76. The fourth-order valence-electron chi connectivity index (χ4n) is 3.41. The first-order chi connectivity index (χ1) is 13.7. The molecule has 146 valence electrons. The number of hydrogen-bond donors (Lipinski definition) is 2. The van der Waals surface area contributed by atoms with Crippen LogP contribution in [-0.2, 0) is 0 Å². The molecule has 1 saturated heterocycles. The van der Waals surface area contributed by atoms with Gasteiger partial charge in [0.05, 0.1) is 36.7 Å². The molecule has 8 heteroatoms. The van der Waals surface area contributed by atoms with E-state index in [4.69, 9.17) is 4.74 Å². The zero-order valence-electron chi connectivity index (χ0n) is 16.0. The standard InChI is InChI=1S/C19H19N5O2.CH5N/c1-26-16-7-17(19-14(8-20)10-22-24(19)12-16)13-4-5-18(21-9-13)23-6-2-3-15(25)11-23;1-2/h4-5,7,9-10,12,15,25H,2-3,6,11H2,1H3;2H2,1H3/t15-;/m0./s1. The highest BCUT2D eigenvalue weighted by Gasteiger charge is 2.19. The number of pyridine rings is 2. The van der Waals surface area contributed by atoms with Gasteiger partial charge in [0.2, 0.25) is 0 Å². The second-order valence-electron chi connectivity index (χ2n) is 6.40. The second-order valence-corrected chi connectivity index (χ2v) is 6.40. The largest absolute Gasteiger partial charge is 0.495 e. The van der Waals surface area contributed by atoms with E-state index < -0.39 is 0 Å². The molecule has 1 atom stereocenters. The molecule has 0 unspecified atom stereocenters. The maximum Gasteiger partial charge on any atom is 0.137 e. The number of nitriles is 1. The molecule has 0 amide bonds. The molecule has 1 aliphatic heterocycles. The number of rotatable bonds is 3. The Morgan fingerprint density at radius 2 is 2.14 bits per heavy atom. The maximum atomic E-state index is 9.86. The third-order valence-electron chi connectivity index (χ3n) is 4.72. The van der Waals surface area contributed by atoms with Crippen LogP contribution < -0.4 is 15.4 Å². The van der Waals surface area contributed by atoms with Crippen molar-refractivity contribution in [3.05, 3.63) is 42.4 Å². The number of aliphatic hydroxyl groups excluding tert-OH is 1. The summed E-state index contributed by atoms with van der Waals surface area (Å²) in [6.45, 7) is 1.50. The second kappa shape index (κ2) is 8.69. The Bertz CT molecular complexity index is 977. The van der Waals surface area contributed by atoms with Crippen molar-refractivity contribution in [3.8, 4) is 22.9 Å². The minimum atomic E-state index is -0.298. The van der Waals surface area contributed by atoms with Crippen molar-refractivity contribution >= 4 is 11.3 Å². The zero-order chi connectivity index (χ0) is 20.1. The van der Waals surface area contributed by atoms with Crippen LogP contribution in [0.2, 0.25) is 0 Å². The summed E-state index contributed by atoms with van der Waals surface area (Å²) in [6, 6.07) is 8.00. The molecule has 4 heterocycles. The van der Waals surface area contributed by atoms with Gasteiger partial charge in [-0.3, -0.25) is 0 Å². The van der Waals surface area contributed by atoms with Gasteiger partial charge >= 0.3 is 0 Å². The van der Waals surface area contributed by atoms with Gasteiger partial charge in [0.1, 0.15) is 17.6 Å². The molecule has 3 aromatic heterocycles. The summed E-state index contributed by atoms with van der Waals surface area (Å²) in [5.74, 6) is 1.50. The SMILES string of the molecule is CN.COc1cc(-c2ccc(N3CCC[C@H](O)C3)nc2)c2c(C#N)cnn2c1. The average molecular weight is 380 g/mol. The van der Waals surface area contributed by atoms with Crippen LogP contribution >= 0.6 is 0 Å². The van der Waals surface area contributed by atoms with Gasteiger partial charge in [-0.05, 0) is 38.1 Å². The smallest absolute Gasteiger partial charge is 0.137 e. The molecule has 28 heavy (non-hydrogen) atoms. The lowest BCUT2D eigenvalue weighted by molar-refractivity contribution is 0.154. The molecule has 0 saturated carbocycles. The monoisotopic (exact) mass is 380 g/mol. The molecule has 0 radical (unpaired) electrons. The van der Waals surface area contributed by atoms with E-state index in [1.165, 1.54) is 7.05 Å². The highest BCUT2D eigenvalue weighted by atomic mass is 16.5. The van der Waals surface area contributed by atoms with Crippen LogP contribution in [0.4, 0.5) is 5.82 Å². The van der Waals surface area contributed by atoms with E-state index in [0.29, 0.717) is 17.9 Å². The number of piperidine rings is 1. The van der Waals surface area contributed by atoms with E-state index in [-0.39, 0.29) is 6.10 Å². The number of anilines is 1. The van der Waals surface area contributed by atoms with Crippen LogP contribution in [0.25, 0.3) is 16.6 Å². The molecule has 1 fully saturated rings. The number of aromatic nitrogens is 3. The number of ether oxygens (including phenoxy) is 1. The number of fused-ring (bicyclic) bond motifs is 1. The summed E-state index contributed by atoms with van der Waals surface area (Å²) in [5.41, 5.74) is 7.46. The molecule has 3 aromatic rings. The van der Waals surface area contributed by atoms with Gasteiger partial charge in [0.15, 0.2) is 0 Å². The van der Waals surface area contributed by atoms with Crippen LogP contribution in [0.5, 0.6) is 5.75 Å².